The molecule has 0 radical (unpaired) electrons. The van der Waals surface area contributed by atoms with Crippen molar-refractivity contribution in [2.24, 2.45) is 5.73 Å². The van der Waals surface area contributed by atoms with Crippen LogP contribution in [0.3, 0.4) is 0 Å². The SMILES string of the molecule is C=C(C)CC(N)(C(=O)OC)S(=O)(=O)c1ccc(-c2ccc(OC)cc2)cc1. The Morgan fingerprint density at radius 1 is 1.04 bits per heavy atom. The smallest absolute Gasteiger partial charge is 0.342 e. The highest BCUT2D eigenvalue weighted by Gasteiger charge is 2.49. The predicted molar refractivity (Wildman–Crippen MR) is 104 cm³/mol. The number of hydrogen-bond donors (Lipinski definition) is 1. The number of rotatable bonds is 7. The molecule has 0 aliphatic rings. The molecule has 0 amide bonds. The Morgan fingerprint density at radius 3 is 1.93 bits per heavy atom. The quantitative estimate of drug-likeness (QED) is 0.578. The Morgan fingerprint density at radius 2 is 1.52 bits per heavy atom. The Bertz CT molecular complexity index is 933. The van der Waals surface area contributed by atoms with Crippen LogP contribution in [0.1, 0.15) is 13.3 Å². The van der Waals surface area contributed by atoms with Crippen LogP contribution in [-0.2, 0) is 19.4 Å². The fraction of sp³-hybridized carbons (Fsp3) is 0.250. The number of hydrogen-bond acceptors (Lipinski definition) is 6. The van der Waals surface area contributed by atoms with Gasteiger partial charge in [0, 0.05) is 6.42 Å². The summed E-state index contributed by atoms with van der Waals surface area (Å²) in [6, 6.07) is 13.5. The zero-order valence-electron chi connectivity index (χ0n) is 15.6. The second kappa shape index (κ2) is 7.94. The molecule has 0 aromatic heterocycles. The van der Waals surface area contributed by atoms with Gasteiger partial charge >= 0.3 is 5.97 Å². The zero-order valence-corrected chi connectivity index (χ0v) is 16.4. The molecule has 1 unspecified atom stereocenters. The summed E-state index contributed by atoms with van der Waals surface area (Å²) in [5.41, 5.74) is 8.18. The summed E-state index contributed by atoms with van der Waals surface area (Å²) in [4.78, 5) is 9.87. The van der Waals surface area contributed by atoms with E-state index in [2.05, 4.69) is 11.3 Å². The number of ether oxygens (including phenoxy) is 2. The first-order chi connectivity index (χ1) is 12.7. The van der Waals surface area contributed by atoms with Crippen molar-refractivity contribution in [1.29, 1.82) is 0 Å². The van der Waals surface area contributed by atoms with E-state index in [0.29, 0.717) is 5.57 Å². The molecular formula is C20H23NO5S. The predicted octanol–water partition coefficient (Wildman–Crippen LogP) is 2.93. The van der Waals surface area contributed by atoms with Gasteiger partial charge in [0.1, 0.15) is 5.75 Å². The Kier molecular flexibility index (Phi) is 6.08. The molecule has 2 aromatic rings. The fourth-order valence-corrected chi connectivity index (χ4v) is 4.37. The van der Waals surface area contributed by atoms with E-state index in [1.54, 1.807) is 26.2 Å². The molecule has 6 nitrogen and oxygen atoms in total. The Labute approximate surface area is 159 Å². The summed E-state index contributed by atoms with van der Waals surface area (Å²) in [6.45, 7) is 5.27. The van der Waals surface area contributed by atoms with Crippen molar-refractivity contribution in [2.45, 2.75) is 23.1 Å². The summed E-state index contributed by atoms with van der Waals surface area (Å²) < 4.78 is 35.8. The maximum absolute atomic E-state index is 13.0. The lowest BCUT2D eigenvalue weighted by molar-refractivity contribution is -0.143. The third-order valence-corrected chi connectivity index (χ3v) is 6.33. The average Bonchev–Trinajstić information content (AvgIpc) is 2.66. The van der Waals surface area contributed by atoms with Gasteiger partial charge < -0.3 is 15.2 Å². The van der Waals surface area contributed by atoms with E-state index in [1.807, 2.05) is 24.3 Å². The first kappa shape index (κ1) is 20.7. The van der Waals surface area contributed by atoms with E-state index >= 15 is 0 Å². The van der Waals surface area contributed by atoms with Crippen LogP contribution in [0, 0.1) is 0 Å². The number of sulfone groups is 1. The van der Waals surface area contributed by atoms with Gasteiger partial charge in [-0.25, -0.2) is 13.2 Å². The molecule has 0 bridgehead atoms. The van der Waals surface area contributed by atoms with Gasteiger partial charge in [-0.05, 0) is 42.3 Å². The van der Waals surface area contributed by atoms with E-state index in [9.17, 15) is 13.2 Å². The van der Waals surface area contributed by atoms with Crippen molar-refractivity contribution < 1.29 is 22.7 Å². The highest BCUT2D eigenvalue weighted by atomic mass is 32.2. The normalized spacial score (nSPS) is 13.5. The first-order valence-electron chi connectivity index (χ1n) is 8.16. The molecule has 144 valence electrons. The molecule has 1 atom stereocenters. The molecule has 2 N–H and O–H groups in total. The van der Waals surface area contributed by atoms with E-state index in [0.717, 1.165) is 24.0 Å². The second-order valence-corrected chi connectivity index (χ2v) is 8.48. The summed E-state index contributed by atoms with van der Waals surface area (Å²) in [7, 11) is -1.51. The maximum atomic E-state index is 13.0. The van der Waals surface area contributed by atoms with Crippen LogP contribution < -0.4 is 10.5 Å². The minimum atomic E-state index is -4.19. The third kappa shape index (κ3) is 4.04. The monoisotopic (exact) mass is 389 g/mol. The van der Waals surface area contributed by atoms with Gasteiger partial charge in [-0.3, -0.25) is 0 Å². The van der Waals surface area contributed by atoms with E-state index < -0.39 is 20.7 Å². The molecule has 7 heteroatoms. The number of carbonyl (C=O) groups excluding carboxylic acids is 1. The number of methoxy groups -OCH3 is 2. The van der Waals surface area contributed by atoms with Crippen LogP contribution in [0.2, 0.25) is 0 Å². The van der Waals surface area contributed by atoms with Crippen LogP contribution in [0.15, 0.2) is 65.6 Å². The van der Waals surface area contributed by atoms with Gasteiger partial charge in [-0.1, -0.05) is 29.8 Å². The van der Waals surface area contributed by atoms with Crippen LogP contribution in [-0.4, -0.2) is 33.5 Å². The molecule has 2 aromatic carbocycles. The molecule has 0 saturated heterocycles. The molecular weight excluding hydrogens is 366 g/mol. The van der Waals surface area contributed by atoms with E-state index in [1.165, 1.54) is 12.1 Å². The lowest BCUT2D eigenvalue weighted by Gasteiger charge is -2.26. The molecule has 0 heterocycles. The van der Waals surface area contributed by atoms with Gasteiger partial charge in [0.05, 0.1) is 19.1 Å². The van der Waals surface area contributed by atoms with Gasteiger partial charge in [-0.2, -0.15) is 0 Å². The van der Waals surface area contributed by atoms with Crippen molar-refractivity contribution in [2.75, 3.05) is 14.2 Å². The Hall–Kier alpha value is -2.64. The van der Waals surface area contributed by atoms with E-state index in [4.69, 9.17) is 10.5 Å². The molecule has 0 aliphatic carbocycles. The summed E-state index contributed by atoms with van der Waals surface area (Å²) >= 11 is 0. The van der Waals surface area contributed by atoms with Gasteiger partial charge in [0.15, 0.2) is 0 Å². The zero-order chi connectivity index (χ0) is 20.2. The molecule has 0 spiro atoms. The third-order valence-electron chi connectivity index (χ3n) is 4.16. The van der Waals surface area contributed by atoms with Crippen molar-refractivity contribution in [3.63, 3.8) is 0 Å². The molecule has 2 rings (SSSR count). The van der Waals surface area contributed by atoms with Crippen LogP contribution in [0.25, 0.3) is 11.1 Å². The highest BCUT2D eigenvalue weighted by molar-refractivity contribution is 7.93. The van der Waals surface area contributed by atoms with Gasteiger partial charge in [0.2, 0.25) is 14.7 Å². The fourth-order valence-electron chi connectivity index (χ4n) is 2.72. The summed E-state index contributed by atoms with van der Waals surface area (Å²) in [5, 5.41) is 0. The van der Waals surface area contributed by atoms with Gasteiger partial charge in [0.25, 0.3) is 0 Å². The van der Waals surface area contributed by atoms with Crippen molar-refractivity contribution in [1.82, 2.24) is 0 Å². The number of benzene rings is 2. The topological polar surface area (TPSA) is 95.7 Å². The highest BCUT2D eigenvalue weighted by Crippen LogP contribution is 2.30. The minimum Gasteiger partial charge on any atom is -0.497 e. The average molecular weight is 389 g/mol. The largest absolute Gasteiger partial charge is 0.497 e. The standard InChI is InChI=1S/C20H23NO5S/c1-14(2)13-20(21,19(22)26-4)27(23,24)18-11-7-16(8-12-18)15-5-9-17(25-3)10-6-15/h5-12H,1,13,21H2,2-4H3. The lowest BCUT2D eigenvalue weighted by Crippen LogP contribution is -2.55. The van der Waals surface area contributed by atoms with Crippen LogP contribution in [0.4, 0.5) is 0 Å². The molecule has 0 saturated carbocycles. The minimum absolute atomic E-state index is 0.0612. The number of nitrogens with two attached hydrogens (primary N) is 1. The summed E-state index contributed by atoms with van der Waals surface area (Å²) in [5.74, 6) is -0.298. The van der Waals surface area contributed by atoms with Crippen molar-refractivity contribution >= 4 is 15.8 Å². The van der Waals surface area contributed by atoms with Crippen LogP contribution >= 0.6 is 0 Å². The van der Waals surface area contributed by atoms with Crippen molar-refractivity contribution in [3.8, 4) is 16.9 Å². The first-order valence-corrected chi connectivity index (χ1v) is 9.65. The lowest BCUT2D eigenvalue weighted by atomic mass is 10.1. The molecule has 0 aliphatic heterocycles. The van der Waals surface area contributed by atoms with Crippen LogP contribution in [0.5, 0.6) is 5.75 Å². The second-order valence-electron chi connectivity index (χ2n) is 6.27. The number of carbonyl (C=O) groups is 1. The van der Waals surface area contributed by atoms with Crippen molar-refractivity contribution in [3.05, 3.63) is 60.7 Å². The molecule has 27 heavy (non-hydrogen) atoms. The molecule has 0 fully saturated rings. The Balaban J connectivity index is 2.43. The maximum Gasteiger partial charge on any atom is 0.342 e. The van der Waals surface area contributed by atoms with E-state index in [-0.39, 0.29) is 11.3 Å². The number of esters is 1. The summed E-state index contributed by atoms with van der Waals surface area (Å²) in [6.07, 6.45) is -0.234. The van der Waals surface area contributed by atoms with Gasteiger partial charge in [-0.15, -0.1) is 6.58 Å².